The van der Waals surface area contributed by atoms with Gasteiger partial charge in [0, 0.05) is 11.9 Å². The van der Waals surface area contributed by atoms with Gasteiger partial charge in [-0.25, -0.2) is 0 Å². The van der Waals surface area contributed by atoms with Crippen molar-refractivity contribution in [3.63, 3.8) is 0 Å². The lowest BCUT2D eigenvalue weighted by atomic mass is 10.1. The van der Waals surface area contributed by atoms with Gasteiger partial charge in [0.25, 0.3) is 0 Å². The van der Waals surface area contributed by atoms with E-state index in [1.165, 1.54) is 25.7 Å². The van der Waals surface area contributed by atoms with Gasteiger partial charge in [0.15, 0.2) is 5.76 Å². The minimum atomic E-state index is 0.0710. The molecule has 1 aromatic heterocycles. The van der Waals surface area contributed by atoms with E-state index in [0.29, 0.717) is 12.3 Å². The lowest BCUT2D eigenvalue weighted by Gasteiger charge is -2.19. The third kappa shape index (κ3) is 2.93. The van der Waals surface area contributed by atoms with Crippen molar-refractivity contribution in [2.24, 2.45) is 5.92 Å². The van der Waals surface area contributed by atoms with Gasteiger partial charge in [0.1, 0.15) is 5.58 Å². The minimum Gasteiger partial charge on any atom is -0.453 e. The van der Waals surface area contributed by atoms with Crippen molar-refractivity contribution in [1.29, 1.82) is 0 Å². The molecule has 0 bridgehead atoms. The van der Waals surface area contributed by atoms with Gasteiger partial charge in [-0.2, -0.15) is 0 Å². The molecule has 0 N–H and O–H groups in total. The number of para-hydroxylation sites is 1. The molecule has 0 spiro atoms. The first-order valence-electron chi connectivity index (χ1n) is 7.43. The molecule has 0 saturated heterocycles. The fourth-order valence-corrected chi connectivity index (χ4v) is 3.14. The Kier molecular flexibility index (Phi) is 3.88. The Bertz CT molecular complexity index is 563. The first-order chi connectivity index (χ1) is 9.72. The molecule has 0 atom stereocenters. The van der Waals surface area contributed by atoms with Gasteiger partial charge < -0.3 is 4.42 Å². The number of carbonyl (C=O) groups excluding carboxylic acids is 1. The maximum Gasteiger partial charge on any atom is 0.211 e. The Balaban J connectivity index is 1.63. The molecule has 3 rings (SSSR count). The van der Waals surface area contributed by atoms with Gasteiger partial charge >= 0.3 is 0 Å². The second-order valence-electron chi connectivity index (χ2n) is 5.92. The fourth-order valence-electron chi connectivity index (χ4n) is 3.14. The van der Waals surface area contributed by atoms with E-state index in [1.807, 2.05) is 37.4 Å². The molecule has 20 heavy (non-hydrogen) atoms. The van der Waals surface area contributed by atoms with Crippen LogP contribution in [-0.4, -0.2) is 30.8 Å². The molecule has 3 nitrogen and oxygen atoms in total. The van der Waals surface area contributed by atoms with Crippen molar-refractivity contribution in [2.45, 2.75) is 25.7 Å². The van der Waals surface area contributed by atoms with Crippen molar-refractivity contribution < 1.29 is 9.21 Å². The normalized spacial score (nSPS) is 16.3. The largest absolute Gasteiger partial charge is 0.453 e. The monoisotopic (exact) mass is 271 g/mol. The lowest BCUT2D eigenvalue weighted by Crippen LogP contribution is -2.30. The molecule has 106 valence electrons. The molecule has 0 unspecified atom stereocenters. The molecule has 3 heteroatoms. The Labute approximate surface area is 119 Å². The summed E-state index contributed by atoms with van der Waals surface area (Å²) in [4.78, 5) is 14.4. The second-order valence-corrected chi connectivity index (χ2v) is 5.92. The van der Waals surface area contributed by atoms with Crippen LogP contribution in [0, 0.1) is 5.92 Å². The van der Waals surface area contributed by atoms with Crippen LogP contribution < -0.4 is 0 Å². The van der Waals surface area contributed by atoms with Crippen LogP contribution >= 0.6 is 0 Å². The number of furan rings is 1. The number of likely N-dealkylation sites (N-methyl/N-ethyl adjacent to an activating group) is 1. The molecule has 0 amide bonds. The Morgan fingerprint density at radius 3 is 2.80 bits per heavy atom. The lowest BCUT2D eigenvalue weighted by molar-refractivity contribution is 0.0913. The zero-order chi connectivity index (χ0) is 13.9. The minimum absolute atomic E-state index is 0.0710. The van der Waals surface area contributed by atoms with Gasteiger partial charge in [0.2, 0.25) is 5.78 Å². The van der Waals surface area contributed by atoms with Crippen LogP contribution in [0.2, 0.25) is 0 Å². The zero-order valence-corrected chi connectivity index (χ0v) is 12.0. The molecule has 1 aromatic carbocycles. The number of carbonyl (C=O) groups is 1. The van der Waals surface area contributed by atoms with Gasteiger partial charge in [0.05, 0.1) is 6.54 Å². The summed E-state index contributed by atoms with van der Waals surface area (Å²) in [6.45, 7) is 1.46. The number of hydrogen-bond donors (Lipinski definition) is 0. The Hall–Kier alpha value is -1.61. The number of rotatable bonds is 5. The fraction of sp³-hybridized carbons (Fsp3) is 0.471. The van der Waals surface area contributed by atoms with Crippen LogP contribution in [0.25, 0.3) is 11.0 Å². The standard InChI is InChI=1S/C17H21NO2/c1-18(11-13-6-2-3-7-13)12-15(19)17-10-14-8-4-5-9-16(14)20-17/h4-5,8-10,13H,2-3,6-7,11-12H2,1H3. The summed E-state index contributed by atoms with van der Waals surface area (Å²) >= 11 is 0. The van der Waals surface area contributed by atoms with Gasteiger partial charge in [-0.15, -0.1) is 0 Å². The first-order valence-corrected chi connectivity index (χ1v) is 7.43. The van der Waals surface area contributed by atoms with Crippen LogP contribution in [0.1, 0.15) is 36.2 Å². The summed E-state index contributed by atoms with van der Waals surface area (Å²) in [6, 6.07) is 9.60. The third-order valence-corrected chi connectivity index (χ3v) is 4.16. The smallest absolute Gasteiger partial charge is 0.211 e. The van der Waals surface area contributed by atoms with E-state index in [2.05, 4.69) is 4.90 Å². The topological polar surface area (TPSA) is 33.5 Å². The maximum absolute atomic E-state index is 12.3. The van der Waals surface area contributed by atoms with E-state index in [4.69, 9.17) is 4.42 Å². The first kappa shape index (κ1) is 13.4. The molecule has 1 fully saturated rings. The summed E-state index contributed by atoms with van der Waals surface area (Å²) in [5.41, 5.74) is 0.786. The van der Waals surface area contributed by atoms with Crippen LogP contribution in [0.5, 0.6) is 0 Å². The van der Waals surface area contributed by atoms with Gasteiger partial charge in [-0.1, -0.05) is 31.0 Å². The van der Waals surface area contributed by atoms with E-state index in [0.717, 1.165) is 23.4 Å². The molecular weight excluding hydrogens is 250 g/mol. The van der Waals surface area contributed by atoms with Crippen molar-refractivity contribution in [3.05, 3.63) is 36.1 Å². The number of fused-ring (bicyclic) bond motifs is 1. The van der Waals surface area contributed by atoms with Crippen LogP contribution in [0.3, 0.4) is 0 Å². The predicted octanol–water partition coefficient (Wildman–Crippen LogP) is 3.74. The number of Topliss-reactive ketones (excluding diaryl/α,β-unsaturated/α-hetero) is 1. The average molecular weight is 271 g/mol. The Morgan fingerprint density at radius 2 is 2.05 bits per heavy atom. The molecule has 1 heterocycles. The number of hydrogen-bond acceptors (Lipinski definition) is 3. The summed E-state index contributed by atoms with van der Waals surface area (Å²) < 4.78 is 5.62. The SMILES string of the molecule is CN(CC(=O)c1cc2ccccc2o1)CC1CCCC1. The molecular formula is C17H21NO2. The summed E-state index contributed by atoms with van der Waals surface area (Å²) in [6.07, 6.45) is 5.30. The van der Waals surface area contributed by atoms with E-state index in [1.54, 1.807) is 0 Å². The van der Waals surface area contributed by atoms with Crippen LogP contribution in [0.15, 0.2) is 34.7 Å². The molecule has 1 aliphatic carbocycles. The van der Waals surface area contributed by atoms with Crippen molar-refractivity contribution in [1.82, 2.24) is 4.90 Å². The van der Waals surface area contributed by atoms with Gasteiger partial charge in [-0.3, -0.25) is 9.69 Å². The van der Waals surface area contributed by atoms with Crippen molar-refractivity contribution in [3.8, 4) is 0 Å². The van der Waals surface area contributed by atoms with Gasteiger partial charge in [-0.05, 0) is 37.9 Å². The summed E-state index contributed by atoms with van der Waals surface area (Å²) in [5.74, 6) is 1.31. The van der Waals surface area contributed by atoms with E-state index in [-0.39, 0.29) is 5.78 Å². The highest BCUT2D eigenvalue weighted by Gasteiger charge is 2.19. The van der Waals surface area contributed by atoms with Crippen LogP contribution in [0.4, 0.5) is 0 Å². The average Bonchev–Trinajstić information content (AvgIpc) is 3.06. The van der Waals surface area contributed by atoms with E-state index >= 15 is 0 Å². The second kappa shape index (κ2) is 5.80. The molecule has 1 aliphatic rings. The third-order valence-electron chi connectivity index (χ3n) is 4.16. The van der Waals surface area contributed by atoms with E-state index in [9.17, 15) is 4.79 Å². The predicted molar refractivity (Wildman–Crippen MR) is 80.0 cm³/mol. The van der Waals surface area contributed by atoms with Crippen molar-refractivity contribution >= 4 is 16.8 Å². The maximum atomic E-state index is 12.3. The highest BCUT2D eigenvalue weighted by atomic mass is 16.3. The van der Waals surface area contributed by atoms with Crippen molar-refractivity contribution in [2.75, 3.05) is 20.1 Å². The zero-order valence-electron chi connectivity index (χ0n) is 12.0. The van der Waals surface area contributed by atoms with E-state index < -0.39 is 0 Å². The Morgan fingerprint density at radius 1 is 1.30 bits per heavy atom. The summed E-state index contributed by atoms with van der Waals surface area (Å²) in [7, 11) is 2.03. The molecule has 1 saturated carbocycles. The molecule has 2 aromatic rings. The van der Waals surface area contributed by atoms with Crippen LogP contribution in [-0.2, 0) is 0 Å². The molecule has 0 radical (unpaired) electrons. The number of benzene rings is 1. The quantitative estimate of drug-likeness (QED) is 0.777. The molecule has 0 aliphatic heterocycles. The number of nitrogens with zero attached hydrogens (tertiary/aromatic N) is 1. The highest BCUT2D eigenvalue weighted by Crippen LogP contribution is 2.25. The number of ketones is 1. The highest BCUT2D eigenvalue weighted by molar-refractivity contribution is 5.98. The summed E-state index contributed by atoms with van der Waals surface area (Å²) in [5, 5.41) is 0.995.